The molecule has 0 unspecified atom stereocenters. The first-order valence-corrected chi connectivity index (χ1v) is 8.40. The lowest BCUT2D eigenvalue weighted by Gasteiger charge is -2.17. The molecule has 1 amide bonds. The number of unbranched alkanes of at least 4 members (excludes halogenated alkanes) is 1. The van der Waals surface area contributed by atoms with Crippen LogP contribution in [0.15, 0.2) is 24.3 Å². The van der Waals surface area contributed by atoms with Gasteiger partial charge < -0.3 is 9.64 Å². The molecule has 0 saturated carbocycles. The topological polar surface area (TPSA) is 72.9 Å². The molecule has 0 spiro atoms. The highest BCUT2D eigenvalue weighted by atomic mass is 32.2. The number of benzene rings is 1. The largest absolute Gasteiger partial charge is 0.497 e. The zero-order valence-corrected chi connectivity index (χ0v) is 13.4. The van der Waals surface area contributed by atoms with E-state index in [1.165, 1.54) is 0 Å². The number of nitrogens with zero attached hydrogens (tertiary/aromatic N) is 1. The number of anilines is 1. The molecule has 0 aliphatic rings. The minimum atomic E-state index is -3.40. The Hall–Kier alpha value is -1.60. The molecule has 1 aromatic rings. The number of methoxy groups -OCH3 is 1. The van der Waals surface area contributed by atoms with Gasteiger partial charge in [-0.1, -0.05) is 0 Å². The summed E-state index contributed by atoms with van der Waals surface area (Å²) in [5.41, 5.74) is 0.785. The average Bonchev–Trinajstić information content (AvgIpc) is 2.44. The summed E-state index contributed by atoms with van der Waals surface area (Å²) in [6, 6.07) is 7.20. The van der Waals surface area contributed by atoms with E-state index in [9.17, 15) is 13.2 Å². The van der Waals surface area contributed by atoms with Gasteiger partial charge in [0.1, 0.15) is 5.75 Å². The fourth-order valence-electron chi connectivity index (χ4n) is 1.71. The Morgan fingerprint density at radius 1 is 1.19 bits per heavy atom. The van der Waals surface area contributed by atoms with Crippen molar-refractivity contribution in [2.24, 2.45) is 0 Å². The zero-order chi connectivity index (χ0) is 15.9. The van der Waals surface area contributed by atoms with Gasteiger partial charge in [-0.2, -0.15) is 8.42 Å². The molecule has 0 aliphatic carbocycles. The lowest BCUT2D eigenvalue weighted by molar-refractivity contribution is -0.118. The first-order chi connectivity index (χ1) is 9.83. The maximum Gasteiger partial charge on any atom is 0.264 e. The minimum Gasteiger partial charge on any atom is -0.497 e. The molecule has 0 fully saturated rings. The average molecular weight is 315 g/mol. The summed E-state index contributed by atoms with van der Waals surface area (Å²) >= 11 is 0. The predicted molar refractivity (Wildman–Crippen MR) is 81.1 cm³/mol. The van der Waals surface area contributed by atoms with Crippen molar-refractivity contribution in [2.75, 3.05) is 31.9 Å². The smallest absolute Gasteiger partial charge is 0.264 e. The van der Waals surface area contributed by atoms with Crippen molar-refractivity contribution >= 4 is 21.7 Å². The molecule has 1 rings (SSSR count). The van der Waals surface area contributed by atoms with Gasteiger partial charge in [-0.15, -0.1) is 0 Å². The van der Waals surface area contributed by atoms with Crippen molar-refractivity contribution in [1.29, 1.82) is 0 Å². The summed E-state index contributed by atoms with van der Waals surface area (Å²) in [6.07, 6.45) is 2.45. The molecule has 0 atom stereocenters. The summed E-state index contributed by atoms with van der Waals surface area (Å²) in [6.45, 7) is 0.109. The Balaban J connectivity index is 2.37. The molecule has 6 nitrogen and oxygen atoms in total. The summed E-state index contributed by atoms with van der Waals surface area (Å²) < 4.78 is 31.2. The monoisotopic (exact) mass is 315 g/mol. The third-order valence-corrected chi connectivity index (χ3v) is 3.51. The van der Waals surface area contributed by atoms with Gasteiger partial charge in [-0.3, -0.25) is 8.98 Å². The van der Waals surface area contributed by atoms with Crippen LogP contribution < -0.4 is 9.64 Å². The second kappa shape index (κ2) is 7.99. The number of amides is 1. The molecule has 118 valence electrons. The molecular formula is C14H21NO5S. The van der Waals surface area contributed by atoms with Crippen molar-refractivity contribution in [2.45, 2.75) is 19.3 Å². The highest BCUT2D eigenvalue weighted by Crippen LogP contribution is 2.19. The van der Waals surface area contributed by atoms with Gasteiger partial charge in [0.25, 0.3) is 10.1 Å². The van der Waals surface area contributed by atoms with Crippen LogP contribution in [0.25, 0.3) is 0 Å². The number of hydrogen-bond donors (Lipinski definition) is 0. The number of rotatable bonds is 8. The Bertz CT molecular complexity index is 553. The molecule has 21 heavy (non-hydrogen) atoms. The summed E-state index contributed by atoms with van der Waals surface area (Å²) in [4.78, 5) is 13.6. The standard InChI is InChI=1S/C14H21NO5S/c1-15(12-7-9-13(19-2)10-8-12)14(16)6-4-5-11-20-21(3,17)18/h7-10H,4-6,11H2,1-3H3. The van der Waals surface area contributed by atoms with Crippen LogP contribution in [-0.2, 0) is 19.1 Å². The van der Waals surface area contributed by atoms with Gasteiger partial charge in [0.05, 0.1) is 20.0 Å². The fraction of sp³-hybridized carbons (Fsp3) is 0.500. The molecule has 0 aliphatic heterocycles. The maximum atomic E-state index is 12.0. The molecule has 1 aromatic carbocycles. The third-order valence-electron chi connectivity index (χ3n) is 2.92. The SMILES string of the molecule is COc1ccc(N(C)C(=O)CCCCOS(C)(=O)=O)cc1. The highest BCUT2D eigenvalue weighted by molar-refractivity contribution is 7.85. The quantitative estimate of drug-likeness (QED) is 0.540. The molecule has 0 heterocycles. The Morgan fingerprint density at radius 3 is 2.33 bits per heavy atom. The van der Waals surface area contributed by atoms with Crippen LogP contribution in [0.3, 0.4) is 0 Å². The summed E-state index contributed by atoms with van der Waals surface area (Å²) in [5.74, 6) is 0.706. The first-order valence-electron chi connectivity index (χ1n) is 6.58. The lowest BCUT2D eigenvalue weighted by Crippen LogP contribution is -2.25. The molecule has 0 N–H and O–H groups in total. The van der Waals surface area contributed by atoms with Crippen molar-refractivity contribution in [3.63, 3.8) is 0 Å². The number of carbonyl (C=O) groups excluding carboxylic acids is 1. The Kier molecular flexibility index (Phi) is 6.64. The van der Waals surface area contributed by atoms with Gasteiger partial charge in [0.15, 0.2) is 0 Å². The van der Waals surface area contributed by atoms with Gasteiger partial charge in [0, 0.05) is 19.2 Å². The third kappa shape index (κ3) is 6.59. The van der Waals surface area contributed by atoms with E-state index < -0.39 is 10.1 Å². The second-order valence-electron chi connectivity index (χ2n) is 4.63. The van der Waals surface area contributed by atoms with E-state index >= 15 is 0 Å². The molecule has 7 heteroatoms. The van der Waals surface area contributed by atoms with Crippen molar-refractivity contribution in [3.05, 3.63) is 24.3 Å². The molecule has 0 radical (unpaired) electrons. The van der Waals surface area contributed by atoms with Crippen LogP contribution in [0.4, 0.5) is 5.69 Å². The minimum absolute atomic E-state index is 0.0282. The van der Waals surface area contributed by atoms with E-state index in [4.69, 9.17) is 4.74 Å². The van der Waals surface area contributed by atoms with E-state index in [-0.39, 0.29) is 12.5 Å². The van der Waals surface area contributed by atoms with Gasteiger partial charge in [0.2, 0.25) is 5.91 Å². The van der Waals surface area contributed by atoms with E-state index in [0.717, 1.165) is 17.7 Å². The number of carbonyl (C=O) groups is 1. The molecule has 0 bridgehead atoms. The number of hydrogen-bond acceptors (Lipinski definition) is 5. The van der Waals surface area contributed by atoms with E-state index in [0.29, 0.717) is 19.3 Å². The molecular weight excluding hydrogens is 294 g/mol. The maximum absolute atomic E-state index is 12.0. The van der Waals surface area contributed by atoms with Crippen LogP contribution in [0, 0.1) is 0 Å². The molecule has 0 saturated heterocycles. The Morgan fingerprint density at radius 2 is 1.81 bits per heavy atom. The summed E-state index contributed by atoms with van der Waals surface area (Å²) in [7, 11) is -0.107. The van der Waals surface area contributed by atoms with E-state index in [1.54, 1.807) is 31.2 Å². The normalized spacial score (nSPS) is 11.2. The second-order valence-corrected chi connectivity index (χ2v) is 6.28. The fourth-order valence-corrected chi connectivity index (χ4v) is 2.13. The van der Waals surface area contributed by atoms with Crippen molar-refractivity contribution in [1.82, 2.24) is 0 Å². The summed E-state index contributed by atoms with van der Waals surface area (Å²) in [5, 5.41) is 0. The molecule has 0 aromatic heterocycles. The van der Waals surface area contributed by atoms with Gasteiger partial charge in [-0.05, 0) is 37.1 Å². The van der Waals surface area contributed by atoms with Crippen LogP contribution >= 0.6 is 0 Å². The van der Waals surface area contributed by atoms with Gasteiger partial charge >= 0.3 is 0 Å². The predicted octanol–water partition coefficient (Wildman–Crippen LogP) is 1.80. The van der Waals surface area contributed by atoms with Crippen LogP contribution in [0.2, 0.25) is 0 Å². The first kappa shape index (κ1) is 17.5. The van der Waals surface area contributed by atoms with Gasteiger partial charge in [-0.25, -0.2) is 0 Å². The van der Waals surface area contributed by atoms with E-state index in [2.05, 4.69) is 4.18 Å². The van der Waals surface area contributed by atoms with Crippen molar-refractivity contribution < 1.29 is 22.1 Å². The highest BCUT2D eigenvalue weighted by Gasteiger charge is 2.11. The zero-order valence-electron chi connectivity index (χ0n) is 12.5. The number of ether oxygens (including phenoxy) is 1. The lowest BCUT2D eigenvalue weighted by atomic mass is 10.2. The van der Waals surface area contributed by atoms with E-state index in [1.807, 2.05) is 12.1 Å². The van der Waals surface area contributed by atoms with Crippen molar-refractivity contribution in [3.8, 4) is 5.75 Å². The van der Waals surface area contributed by atoms with Crippen LogP contribution in [-0.4, -0.2) is 41.3 Å². The Labute approximate surface area is 125 Å². The van der Waals surface area contributed by atoms with Crippen LogP contribution in [0.1, 0.15) is 19.3 Å². The van der Waals surface area contributed by atoms with Crippen LogP contribution in [0.5, 0.6) is 5.75 Å².